The molecule has 0 unspecified atom stereocenters. The van der Waals surface area contributed by atoms with Gasteiger partial charge in [0.1, 0.15) is 11.5 Å². The number of para-hydroxylation sites is 1. The molecule has 2 N–H and O–H groups in total. The molecule has 0 spiro atoms. The lowest BCUT2D eigenvalue weighted by Crippen LogP contribution is -2.41. The van der Waals surface area contributed by atoms with E-state index in [2.05, 4.69) is 17.8 Å². The van der Waals surface area contributed by atoms with Gasteiger partial charge < -0.3 is 9.47 Å². The first-order chi connectivity index (χ1) is 13.2. The Bertz CT molecular complexity index is 744. The predicted octanol–water partition coefficient (Wildman–Crippen LogP) is 3.73. The number of benzene rings is 2. The number of methoxy groups -OCH3 is 1. The maximum Gasteiger partial charge on any atom is 0.273 e. The molecule has 2 aromatic carbocycles. The van der Waals surface area contributed by atoms with E-state index in [0.29, 0.717) is 29.2 Å². The first kappa shape index (κ1) is 20.3. The molecule has 0 bridgehead atoms. The molecule has 0 aromatic heterocycles. The molecule has 6 nitrogen and oxygen atoms in total. The summed E-state index contributed by atoms with van der Waals surface area (Å²) < 4.78 is 10.8. The van der Waals surface area contributed by atoms with Crippen LogP contribution in [0.15, 0.2) is 48.5 Å². The van der Waals surface area contributed by atoms with Gasteiger partial charge in [-0.3, -0.25) is 20.4 Å². The SMILES string of the molecule is CCCCCCOc1ccccc1C(=O)NNC(=O)c1ccc(OC)cc1. The zero-order valence-electron chi connectivity index (χ0n) is 15.8. The van der Waals surface area contributed by atoms with Crippen LogP contribution in [0, 0.1) is 0 Å². The van der Waals surface area contributed by atoms with Crippen molar-refractivity contribution in [3.8, 4) is 11.5 Å². The van der Waals surface area contributed by atoms with Crippen LogP contribution in [-0.4, -0.2) is 25.5 Å². The summed E-state index contributed by atoms with van der Waals surface area (Å²) in [5.41, 5.74) is 5.63. The third-order valence-corrected chi connectivity index (χ3v) is 4.03. The van der Waals surface area contributed by atoms with Gasteiger partial charge in [0.05, 0.1) is 19.3 Å². The number of unbranched alkanes of at least 4 members (excludes halogenated alkanes) is 3. The van der Waals surface area contributed by atoms with Crippen molar-refractivity contribution in [1.29, 1.82) is 0 Å². The highest BCUT2D eigenvalue weighted by atomic mass is 16.5. The highest BCUT2D eigenvalue weighted by Crippen LogP contribution is 2.18. The van der Waals surface area contributed by atoms with Crippen molar-refractivity contribution < 1.29 is 19.1 Å². The monoisotopic (exact) mass is 370 g/mol. The molecule has 2 aromatic rings. The lowest BCUT2D eigenvalue weighted by atomic mass is 10.2. The number of carbonyl (C=O) groups is 2. The van der Waals surface area contributed by atoms with Crippen LogP contribution in [0.4, 0.5) is 0 Å². The van der Waals surface area contributed by atoms with Gasteiger partial charge in [-0.15, -0.1) is 0 Å². The zero-order chi connectivity index (χ0) is 19.5. The van der Waals surface area contributed by atoms with Crippen LogP contribution in [0.5, 0.6) is 11.5 Å². The number of hydrogen-bond donors (Lipinski definition) is 2. The van der Waals surface area contributed by atoms with E-state index >= 15 is 0 Å². The summed E-state index contributed by atoms with van der Waals surface area (Å²) in [6, 6.07) is 13.6. The smallest absolute Gasteiger partial charge is 0.273 e. The molecule has 0 heterocycles. The summed E-state index contributed by atoms with van der Waals surface area (Å²) in [7, 11) is 1.55. The molecule has 2 amide bonds. The Morgan fingerprint density at radius 3 is 2.30 bits per heavy atom. The average Bonchev–Trinajstić information content (AvgIpc) is 2.72. The predicted molar refractivity (Wildman–Crippen MR) is 104 cm³/mol. The Hall–Kier alpha value is -3.02. The Kier molecular flexibility index (Phi) is 8.16. The van der Waals surface area contributed by atoms with Crippen molar-refractivity contribution >= 4 is 11.8 Å². The molecule has 0 saturated carbocycles. The normalized spacial score (nSPS) is 10.1. The lowest BCUT2D eigenvalue weighted by molar-refractivity contribution is 0.0844. The van der Waals surface area contributed by atoms with Crippen LogP contribution < -0.4 is 20.3 Å². The van der Waals surface area contributed by atoms with Gasteiger partial charge in [0, 0.05) is 5.56 Å². The molecule has 0 aliphatic heterocycles. The zero-order valence-corrected chi connectivity index (χ0v) is 15.8. The van der Waals surface area contributed by atoms with Gasteiger partial charge >= 0.3 is 0 Å². The molecule has 144 valence electrons. The quantitative estimate of drug-likeness (QED) is 0.521. The minimum absolute atomic E-state index is 0.378. The summed E-state index contributed by atoms with van der Waals surface area (Å²) in [4.78, 5) is 24.6. The summed E-state index contributed by atoms with van der Waals surface area (Å²) >= 11 is 0. The third-order valence-electron chi connectivity index (χ3n) is 4.03. The first-order valence-corrected chi connectivity index (χ1v) is 9.12. The summed E-state index contributed by atoms with van der Waals surface area (Å²) in [6.45, 7) is 2.71. The van der Waals surface area contributed by atoms with Crippen LogP contribution in [0.2, 0.25) is 0 Å². The minimum Gasteiger partial charge on any atom is -0.497 e. The maximum atomic E-state index is 12.4. The van der Waals surface area contributed by atoms with E-state index in [1.165, 1.54) is 6.42 Å². The third kappa shape index (κ3) is 6.33. The van der Waals surface area contributed by atoms with E-state index in [0.717, 1.165) is 19.3 Å². The number of hydrazine groups is 1. The second-order valence-corrected chi connectivity index (χ2v) is 6.04. The summed E-state index contributed by atoms with van der Waals surface area (Å²) in [5.74, 6) is 0.316. The van der Waals surface area contributed by atoms with Crippen LogP contribution >= 0.6 is 0 Å². The second kappa shape index (κ2) is 10.9. The molecule has 0 radical (unpaired) electrons. The van der Waals surface area contributed by atoms with Crippen molar-refractivity contribution in [3.05, 3.63) is 59.7 Å². The van der Waals surface area contributed by atoms with Crippen LogP contribution in [0.25, 0.3) is 0 Å². The standard InChI is InChI=1S/C21H26N2O4/c1-3-4-5-8-15-27-19-10-7-6-9-18(19)21(25)23-22-20(24)16-11-13-17(26-2)14-12-16/h6-7,9-14H,3-5,8,15H2,1-2H3,(H,22,24)(H,23,25). The molecule has 6 heteroatoms. The average molecular weight is 370 g/mol. The van der Waals surface area contributed by atoms with Crippen molar-refractivity contribution in [3.63, 3.8) is 0 Å². The van der Waals surface area contributed by atoms with E-state index in [4.69, 9.17) is 9.47 Å². The van der Waals surface area contributed by atoms with Gasteiger partial charge in [-0.25, -0.2) is 0 Å². The second-order valence-electron chi connectivity index (χ2n) is 6.04. The fraction of sp³-hybridized carbons (Fsp3) is 0.333. The topological polar surface area (TPSA) is 76.7 Å². The van der Waals surface area contributed by atoms with Gasteiger partial charge in [0.2, 0.25) is 0 Å². The van der Waals surface area contributed by atoms with Crippen LogP contribution in [-0.2, 0) is 0 Å². The van der Waals surface area contributed by atoms with Gasteiger partial charge in [-0.2, -0.15) is 0 Å². The molecular formula is C21H26N2O4. The van der Waals surface area contributed by atoms with Crippen LogP contribution in [0.3, 0.4) is 0 Å². The molecule has 0 aliphatic carbocycles. The number of nitrogens with one attached hydrogen (secondary N) is 2. The number of carbonyl (C=O) groups excluding carboxylic acids is 2. The Morgan fingerprint density at radius 2 is 1.59 bits per heavy atom. The Labute approximate surface area is 159 Å². The Balaban J connectivity index is 1.90. The van der Waals surface area contributed by atoms with E-state index < -0.39 is 11.8 Å². The number of rotatable bonds is 9. The highest BCUT2D eigenvalue weighted by Gasteiger charge is 2.13. The largest absolute Gasteiger partial charge is 0.497 e. The van der Waals surface area contributed by atoms with Crippen molar-refractivity contribution in [2.45, 2.75) is 32.6 Å². The van der Waals surface area contributed by atoms with E-state index in [9.17, 15) is 9.59 Å². The van der Waals surface area contributed by atoms with Crippen LogP contribution in [0.1, 0.15) is 53.3 Å². The van der Waals surface area contributed by atoms with Gasteiger partial charge in [-0.1, -0.05) is 38.3 Å². The van der Waals surface area contributed by atoms with Crippen molar-refractivity contribution in [1.82, 2.24) is 10.9 Å². The van der Waals surface area contributed by atoms with E-state index in [1.54, 1.807) is 49.6 Å². The molecule has 0 atom stereocenters. The van der Waals surface area contributed by atoms with Gasteiger partial charge in [0.25, 0.3) is 11.8 Å². The van der Waals surface area contributed by atoms with Crippen molar-refractivity contribution in [2.24, 2.45) is 0 Å². The molecule has 2 rings (SSSR count). The fourth-order valence-electron chi connectivity index (χ4n) is 2.49. The van der Waals surface area contributed by atoms with Crippen molar-refractivity contribution in [2.75, 3.05) is 13.7 Å². The fourth-order valence-corrected chi connectivity index (χ4v) is 2.49. The van der Waals surface area contributed by atoms with Gasteiger partial charge in [-0.05, 0) is 42.8 Å². The lowest BCUT2D eigenvalue weighted by Gasteiger charge is -2.12. The van der Waals surface area contributed by atoms with E-state index in [1.807, 2.05) is 6.07 Å². The highest BCUT2D eigenvalue weighted by molar-refractivity contribution is 6.00. The molecule has 27 heavy (non-hydrogen) atoms. The van der Waals surface area contributed by atoms with Gasteiger partial charge in [0.15, 0.2) is 0 Å². The molecule has 0 fully saturated rings. The Morgan fingerprint density at radius 1 is 0.889 bits per heavy atom. The summed E-state index contributed by atoms with van der Waals surface area (Å²) in [6.07, 6.45) is 4.37. The summed E-state index contributed by atoms with van der Waals surface area (Å²) in [5, 5.41) is 0. The molecular weight excluding hydrogens is 344 g/mol. The number of ether oxygens (including phenoxy) is 2. The number of amides is 2. The molecule has 0 saturated heterocycles. The molecule has 0 aliphatic rings. The first-order valence-electron chi connectivity index (χ1n) is 9.12. The minimum atomic E-state index is -0.430. The number of hydrogen-bond acceptors (Lipinski definition) is 4. The van der Waals surface area contributed by atoms with E-state index in [-0.39, 0.29) is 0 Å². The maximum absolute atomic E-state index is 12.4.